The molecule has 0 unspecified atom stereocenters. The number of piperidine rings is 1. The van der Waals surface area contributed by atoms with E-state index in [0.717, 1.165) is 36.1 Å². The SMILES string of the molecule is Cc1nc(=O)n(CC(=O)N2CCCCC2)c(C)c1Br. The van der Waals surface area contributed by atoms with Crippen LogP contribution >= 0.6 is 15.9 Å². The van der Waals surface area contributed by atoms with Crippen LogP contribution < -0.4 is 5.69 Å². The van der Waals surface area contributed by atoms with E-state index < -0.39 is 0 Å². The van der Waals surface area contributed by atoms with Crippen molar-refractivity contribution >= 4 is 21.8 Å². The molecule has 0 spiro atoms. The fraction of sp³-hybridized carbons (Fsp3) is 0.615. The minimum absolute atomic E-state index is 0.00227. The van der Waals surface area contributed by atoms with Crippen molar-refractivity contribution in [2.24, 2.45) is 0 Å². The number of likely N-dealkylation sites (tertiary alicyclic amines) is 1. The van der Waals surface area contributed by atoms with Crippen LogP contribution in [0.3, 0.4) is 0 Å². The van der Waals surface area contributed by atoms with Gasteiger partial charge in [0.2, 0.25) is 5.91 Å². The number of halogens is 1. The summed E-state index contributed by atoms with van der Waals surface area (Å²) < 4.78 is 2.23. The third kappa shape index (κ3) is 3.05. The molecule has 1 aliphatic rings. The van der Waals surface area contributed by atoms with Gasteiger partial charge in [0.1, 0.15) is 6.54 Å². The minimum Gasteiger partial charge on any atom is -0.341 e. The normalized spacial score (nSPS) is 15.6. The summed E-state index contributed by atoms with van der Waals surface area (Å²) in [4.78, 5) is 29.8. The van der Waals surface area contributed by atoms with Gasteiger partial charge in [-0.15, -0.1) is 0 Å². The number of nitrogens with zero attached hydrogens (tertiary/aromatic N) is 3. The lowest BCUT2D eigenvalue weighted by Crippen LogP contribution is -2.40. The summed E-state index contributed by atoms with van der Waals surface area (Å²) in [5, 5.41) is 0. The van der Waals surface area contributed by atoms with Crippen LogP contribution in [0.2, 0.25) is 0 Å². The number of hydrogen-bond acceptors (Lipinski definition) is 3. The van der Waals surface area contributed by atoms with Crippen molar-refractivity contribution in [3.05, 3.63) is 26.3 Å². The summed E-state index contributed by atoms with van der Waals surface area (Å²) in [6.45, 7) is 5.27. The molecule has 0 aromatic carbocycles. The summed E-state index contributed by atoms with van der Waals surface area (Å²) >= 11 is 3.40. The molecule has 1 amide bonds. The number of rotatable bonds is 2. The molecular formula is C13H18BrN3O2. The maximum atomic E-state index is 12.2. The van der Waals surface area contributed by atoms with Gasteiger partial charge in [-0.25, -0.2) is 4.79 Å². The summed E-state index contributed by atoms with van der Waals surface area (Å²) in [7, 11) is 0. The van der Waals surface area contributed by atoms with Crippen molar-refractivity contribution in [3.63, 3.8) is 0 Å². The van der Waals surface area contributed by atoms with Crippen molar-refractivity contribution < 1.29 is 4.79 Å². The average Bonchev–Trinajstić information content (AvgIpc) is 2.42. The molecule has 1 aromatic rings. The topological polar surface area (TPSA) is 55.2 Å². The van der Waals surface area contributed by atoms with Gasteiger partial charge in [-0.2, -0.15) is 4.98 Å². The van der Waals surface area contributed by atoms with Gasteiger partial charge in [0, 0.05) is 18.8 Å². The first-order chi connectivity index (χ1) is 9.00. The molecule has 2 heterocycles. The predicted molar refractivity (Wildman–Crippen MR) is 76.1 cm³/mol. The van der Waals surface area contributed by atoms with Gasteiger partial charge in [0.05, 0.1) is 10.2 Å². The molecule has 2 rings (SSSR count). The molecule has 0 saturated carbocycles. The van der Waals surface area contributed by atoms with Crippen LogP contribution in [-0.2, 0) is 11.3 Å². The summed E-state index contributed by atoms with van der Waals surface area (Å²) in [6.07, 6.45) is 3.28. The summed E-state index contributed by atoms with van der Waals surface area (Å²) in [5.74, 6) is 0.00227. The molecular weight excluding hydrogens is 310 g/mol. The molecule has 1 aliphatic heterocycles. The highest BCUT2D eigenvalue weighted by atomic mass is 79.9. The fourth-order valence-corrected chi connectivity index (χ4v) is 2.64. The molecule has 5 nitrogen and oxygen atoms in total. The minimum atomic E-state index is -0.358. The molecule has 0 N–H and O–H groups in total. The van der Waals surface area contributed by atoms with Crippen LogP contribution in [0.5, 0.6) is 0 Å². The standard InChI is InChI=1S/C13H18BrN3O2/c1-9-12(14)10(2)17(13(19)15-9)8-11(18)16-6-4-3-5-7-16/h3-8H2,1-2H3. The molecule has 19 heavy (non-hydrogen) atoms. The van der Waals surface area contributed by atoms with Crippen LogP contribution in [0.1, 0.15) is 30.7 Å². The Bertz CT molecular complexity index is 548. The van der Waals surface area contributed by atoms with Crippen molar-refractivity contribution in [3.8, 4) is 0 Å². The number of aromatic nitrogens is 2. The van der Waals surface area contributed by atoms with Crippen molar-refractivity contribution in [1.29, 1.82) is 0 Å². The Hall–Kier alpha value is -1.17. The van der Waals surface area contributed by atoms with Gasteiger partial charge in [0.25, 0.3) is 0 Å². The molecule has 6 heteroatoms. The first-order valence-corrected chi connectivity index (χ1v) is 7.31. The molecule has 0 atom stereocenters. The Labute approximate surface area is 120 Å². The zero-order valence-corrected chi connectivity index (χ0v) is 12.9. The van der Waals surface area contributed by atoms with Crippen molar-refractivity contribution in [2.75, 3.05) is 13.1 Å². The molecule has 0 radical (unpaired) electrons. The summed E-state index contributed by atoms with van der Waals surface area (Å²) in [5.41, 5.74) is 1.05. The second-order valence-electron chi connectivity index (χ2n) is 4.91. The Morgan fingerprint density at radius 3 is 2.53 bits per heavy atom. The fourth-order valence-electron chi connectivity index (χ4n) is 2.34. The van der Waals surface area contributed by atoms with E-state index in [1.807, 2.05) is 11.8 Å². The lowest BCUT2D eigenvalue weighted by Gasteiger charge is -2.27. The van der Waals surface area contributed by atoms with Gasteiger partial charge < -0.3 is 4.90 Å². The highest BCUT2D eigenvalue weighted by Gasteiger charge is 2.19. The van der Waals surface area contributed by atoms with Gasteiger partial charge in [0.15, 0.2) is 0 Å². The zero-order valence-electron chi connectivity index (χ0n) is 11.3. The monoisotopic (exact) mass is 327 g/mol. The van der Waals surface area contributed by atoms with Gasteiger partial charge in [-0.05, 0) is 49.0 Å². The van der Waals surface area contributed by atoms with E-state index in [2.05, 4.69) is 20.9 Å². The number of carbonyl (C=O) groups is 1. The lowest BCUT2D eigenvalue weighted by molar-refractivity contribution is -0.132. The van der Waals surface area contributed by atoms with Crippen LogP contribution in [0, 0.1) is 13.8 Å². The summed E-state index contributed by atoms with van der Waals surface area (Å²) in [6, 6.07) is 0. The Balaban J connectivity index is 2.21. The first-order valence-electron chi connectivity index (χ1n) is 6.52. The average molecular weight is 328 g/mol. The van der Waals surface area contributed by atoms with Gasteiger partial charge in [-0.3, -0.25) is 9.36 Å². The molecule has 1 saturated heterocycles. The second kappa shape index (κ2) is 5.86. The van der Waals surface area contributed by atoms with Crippen LogP contribution in [-0.4, -0.2) is 33.4 Å². The zero-order chi connectivity index (χ0) is 14.0. The van der Waals surface area contributed by atoms with Crippen LogP contribution in [0.25, 0.3) is 0 Å². The lowest BCUT2D eigenvalue weighted by atomic mass is 10.1. The Morgan fingerprint density at radius 2 is 1.89 bits per heavy atom. The Kier molecular flexibility index (Phi) is 4.39. The Morgan fingerprint density at radius 1 is 1.26 bits per heavy atom. The highest BCUT2D eigenvalue weighted by Crippen LogP contribution is 2.17. The van der Waals surface area contributed by atoms with Crippen LogP contribution in [0.4, 0.5) is 0 Å². The van der Waals surface area contributed by atoms with Crippen molar-refractivity contribution in [1.82, 2.24) is 14.5 Å². The van der Waals surface area contributed by atoms with E-state index in [9.17, 15) is 9.59 Å². The predicted octanol–water partition coefficient (Wildman–Crippen LogP) is 1.64. The van der Waals surface area contributed by atoms with E-state index in [1.165, 1.54) is 11.0 Å². The molecule has 0 aliphatic carbocycles. The number of hydrogen-bond donors (Lipinski definition) is 0. The highest BCUT2D eigenvalue weighted by molar-refractivity contribution is 9.10. The maximum Gasteiger partial charge on any atom is 0.348 e. The first kappa shape index (κ1) is 14.2. The third-order valence-corrected chi connectivity index (χ3v) is 4.68. The van der Waals surface area contributed by atoms with E-state index >= 15 is 0 Å². The molecule has 1 fully saturated rings. The quantitative estimate of drug-likeness (QED) is 0.829. The smallest absolute Gasteiger partial charge is 0.341 e. The third-order valence-electron chi connectivity index (χ3n) is 3.54. The number of amides is 1. The second-order valence-corrected chi connectivity index (χ2v) is 5.70. The molecule has 1 aromatic heterocycles. The van der Waals surface area contributed by atoms with Gasteiger partial charge >= 0.3 is 5.69 Å². The van der Waals surface area contributed by atoms with Gasteiger partial charge in [-0.1, -0.05) is 0 Å². The van der Waals surface area contributed by atoms with E-state index in [4.69, 9.17) is 0 Å². The van der Waals surface area contributed by atoms with E-state index in [0.29, 0.717) is 5.69 Å². The van der Waals surface area contributed by atoms with E-state index in [1.54, 1.807) is 6.92 Å². The van der Waals surface area contributed by atoms with Crippen molar-refractivity contribution in [2.45, 2.75) is 39.7 Å². The number of carbonyl (C=O) groups excluding carboxylic acids is 1. The largest absolute Gasteiger partial charge is 0.348 e. The molecule has 104 valence electrons. The maximum absolute atomic E-state index is 12.2. The van der Waals surface area contributed by atoms with Crippen LogP contribution in [0.15, 0.2) is 9.27 Å². The van der Waals surface area contributed by atoms with E-state index in [-0.39, 0.29) is 18.1 Å². The number of aryl methyl sites for hydroxylation is 1. The molecule has 0 bridgehead atoms.